The van der Waals surface area contributed by atoms with Crippen LogP contribution in [0.2, 0.25) is 0 Å². The monoisotopic (exact) mass is 480 g/mol. The number of carbonyl (C=O) groups is 2. The van der Waals surface area contributed by atoms with E-state index >= 15 is 0 Å². The molecule has 0 saturated carbocycles. The van der Waals surface area contributed by atoms with E-state index in [0.717, 1.165) is 48.4 Å². The quantitative estimate of drug-likeness (QED) is 0.496. The maximum Gasteiger partial charge on any atom is 0.257 e. The summed E-state index contributed by atoms with van der Waals surface area (Å²) in [4.78, 5) is 33.7. The highest BCUT2D eigenvalue weighted by atomic mass is 32.1. The number of aryl methyl sites for hydroxylation is 1. The summed E-state index contributed by atoms with van der Waals surface area (Å²) in [7, 11) is 0. The van der Waals surface area contributed by atoms with Crippen molar-refractivity contribution in [1.82, 2.24) is 15.0 Å². The highest BCUT2D eigenvalue weighted by Gasteiger charge is 2.28. The van der Waals surface area contributed by atoms with Gasteiger partial charge in [-0.3, -0.25) is 9.59 Å². The third-order valence-electron chi connectivity index (χ3n) is 6.00. The van der Waals surface area contributed by atoms with Crippen molar-refractivity contribution in [2.75, 3.05) is 18.4 Å². The number of nitrogens with zero attached hydrogens (tertiary/aromatic N) is 3. The van der Waals surface area contributed by atoms with Gasteiger partial charge in [0.15, 0.2) is 5.82 Å². The molecule has 1 aliphatic rings. The molecule has 1 aromatic carbocycles. The number of likely N-dealkylation sites (tertiary alicyclic amines) is 1. The van der Waals surface area contributed by atoms with Gasteiger partial charge in [-0.25, -0.2) is 0 Å². The molecular formula is C26H32N4O3S. The van der Waals surface area contributed by atoms with Gasteiger partial charge >= 0.3 is 0 Å². The molecule has 3 aromatic rings. The van der Waals surface area contributed by atoms with E-state index in [1.807, 2.05) is 62.9 Å². The van der Waals surface area contributed by atoms with Gasteiger partial charge in [0.2, 0.25) is 11.8 Å². The fourth-order valence-corrected chi connectivity index (χ4v) is 5.27. The lowest BCUT2D eigenvalue weighted by atomic mass is 9.96. The minimum atomic E-state index is -0.212. The first-order chi connectivity index (χ1) is 16.2. The molecule has 180 valence electrons. The number of piperidine rings is 1. The van der Waals surface area contributed by atoms with E-state index in [1.54, 1.807) is 0 Å². The number of benzene rings is 1. The summed E-state index contributed by atoms with van der Waals surface area (Å²) in [6, 6.07) is 9.99. The van der Waals surface area contributed by atoms with Crippen molar-refractivity contribution in [1.29, 1.82) is 0 Å². The Morgan fingerprint density at radius 1 is 1.12 bits per heavy atom. The van der Waals surface area contributed by atoms with Gasteiger partial charge in [-0.05, 0) is 37.3 Å². The smallest absolute Gasteiger partial charge is 0.257 e. The van der Waals surface area contributed by atoms with Crippen LogP contribution in [-0.4, -0.2) is 39.9 Å². The summed E-state index contributed by atoms with van der Waals surface area (Å²) in [5.74, 6) is 0.887. The van der Waals surface area contributed by atoms with E-state index in [9.17, 15) is 9.59 Å². The van der Waals surface area contributed by atoms with E-state index in [-0.39, 0.29) is 23.7 Å². The van der Waals surface area contributed by atoms with E-state index in [2.05, 4.69) is 15.5 Å². The second kappa shape index (κ2) is 10.1. The molecule has 7 nitrogen and oxygen atoms in total. The fourth-order valence-electron chi connectivity index (χ4n) is 4.05. The summed E-state index contributed by atoms with van der Waals surface area (Å²) in [5.41, 5.74) is 2.34. The van der Waals surface area contributed by atoms with Crippen LogP contribution in [0.15, 0.2) is 34.9 Å². The fraction of sp³-hybridized carbons (Fsp3) is 0.462. The topological polar surface area (TPSA) is 88.3 Å². The van der Waals surface area contributed by atoms with Gasteiger partial charge in [0.05, 0.1) is 5.56 Å². The maximum atomic E-state index is 13.5. The van der Waals surface area contributed by atoms with Gasteiger partial charge in [-0.2, -0.15) is 4.98 Å². The number of thiophene rings is 1. The highest BCUT2D eigenvalue weighted by Crippen LogP contribution is 2.40. The summed E-state index contributed by atoms with van der Waals surface area (Å²) in [6.07, 6.45) is 3.73. The lowest BCUT2D eigenvalue weighted by Crippen LogP contribution is -2.36. The first-order valence-corrected chi connectivity index (χ1v) is 12.7. The van der Waals surface area contributed by atoms with Crippen LogP contribution in [0.4, 0.5) is 5.00 Å². The zero-order valence-corrected chi connectivity index (χ0v) is 21.1. The highest BCUT2D eigenvalue weighted by molar-refractivity contribution is 7.20. The van der Waals surface area contributed by atoms with Gasteiger partial charge < -0.3 is 14.7 Å². The third-order valence-corrected chi connectivity index (χ3v) is 7.25. The largest absolute Gasteiger partial charge is 0.339 e. The van der Waals surface area contributed by atoms with E-state index in [1.165, 1.54) is 11.3 Å². The molecule has 1 fully saturated rings. The molecule has 34 heavy (non-hydrogen) atoms. The maximum absolute atomic E-state index is 13.5. The molecule has 1 aliphatic heterocycles. The predicted octanol–water partition coefficient (Wildman–Crippen LogP) is 5.60. The second-order valence-electron chi connectivity index (χ2n) is 9.79. The Bertz CT molecular complexity index is 1150. The second-order valence-corrected chi connectivity index (χ2v) is 10.8. The minimum absolute atomic E-state index is 0.00217. The summed E-state index contributed by atoms with van der Waals surface area (Å²) in [6.45, 7) is 9.53. The van der Waals surface area contributed by atoms with Gasteiger partial charge in [-0.15, -0.1) is 11.3 Å². The van der Waals surface area contributed by atoms with Crippen molar-refractivity contribution >= 4 is 28.2 Å². The Balaban J connectivity index is 1.55. The minimum Gasteiger partial charge on any atom is -0.339 e. The number of nitrogens with one attached hydrogen (secondary N) is 1. The molecule has 4 rings (SSSR count). The molecule has 8 heteroatoms. The van der Waals surface area contributed by atoms with Crippen LogP contribution in [0, 0.1) is 6.92 Å². The molecule has 1 saturated heterocycles. The molecule has 0 radical (unpaired) electrons. The summed E-state index contributed by atoms with van der Waals surface area (Å²) < 4.78 is 5.31. The normalized spacial score (nSPS) is 14.3. The molecule has 0 spiro atoms. The van der Waals surface area contributed by atoms with Crippen LogP contribution in [0.25, 0.3) is 10.4 Å². The van der Waals surface area contributed by atoms with Gasteiger partial charge in [0.25, 0.3) is 5.91 Å². The number of anilines is 1. The standard InChI is InChI=1S/C26H32N4O3S/c1-17-21(24(32)30-15-9-6-10-16-30)23(34-22(17)18-11-7-5-8-12-18)27-19(31)13-14-20-28-25(29-33-20)26(2,3)4/h5,7-8,11-12H,6,9-10,13-16H2,1-4H3,(H,27,31). The van der Waals surface area contributed by atoms with Crippen molar-refractivity contribution in [2.24, 2.45) is 0 Å². The molecule has 0 aliphatic carbocycles. The first kappa shape index (κ1) is 24.1. The molecule has 0 atom stereocenters. The Morgan fingerprint density at radius 3 is 2.47 bits per heavy atom. The van der Waals surface area contributed by atoms with Crippen molar-refractivity contribution in [3.63, 3.8) is 0 Å². The van der Waals surface area contributed by atoms with Crippen LogP contribution < -0.4 is 5.32 Å². The summed E-state index contributed by atoms with van der Waals surface area (Å²) in [5, 5.41) is 7.64. The molecular weight excluding hydrogens is 448 g/mol. The van der Waals surface area contributed by atoms with Crippen molar-refractivity contribution < 1.29 is 14.1 Å². The molecule has 0 unspecified atom stereocenters. The number of rotatable bonds is 6. The van der Waals surface area contributed by atoms with Crippen LogP contribution in [0.3, 0.4) is 0 Å². The SMILES string of the molecule is Cc1c(-c2ccccc2)sc(NC(=O)CCc2nc(C(C)(C)C)no2)c1C(=O)N1CCCCC1. The Labute approximate surface area is 204 Å². The van der Waals surface area contributed by atoms with Crippen molar-refractivity contribution in [2.45, 2.75) is 65.2 Å². The molecule has 0 bridgehead atoms. The Hall–Kier alpha value is -3.00. The van der Waals surface area contributed by atoms with Gasteiger partial charge in [0, 0.05) is 36.2 Å². The lowest BCUT2D eigenvalue weighted by Gasteiger charge is -2.27. The number of hydrogen-bond donors (Lipinski definition) is 1. The third kappa shape index (κ3) is 5.38. The van der Waals surface area contributed by atoms with Crippen LogP contribution in [-0.2, 0) is 16.6 Å². The van der Waals surface area contributed by atoms with Gasteiger partial charge in [0.1, 0.15) is 5.00 Å². The molecule has 2 amide bonds. The van der Waals surface area contributed by atoms with Crippen LogP contribution >= 0.6 is 11.3 Å². The zero-order valence-electron chi connectivity index (χ0n) is 20.3. The number of hydrogen-bond acceptors (Lipinski definition) is 6. The molecule has 3 heterocycles. The van der Waals surface area contributed by atoms with E-state index in [0.29, 0.717) is 28.7 Å². The van der Waals surface area contributed by atoms with Crippen LogP contribution in [0.1, 0.15) is 74.1 Å². The van der Waals surface area contributed by atoms with E-state index < -0.39 is 0 Å². The molecule has 2 aromatic heterocycles. The Morgan fingerprint density at radius 2 is 1.82 bits per heavy atom. The zero-order chi connectivity index (χ0) is 24.3. The number of aromatic nitrogens is 2. The van der Waals surface area contributed by atoms with Crippen molar-refractivity contribution in [3.05, 3.63) is 53.2 Å². The first-order valence-electron chi connectivity index (χ1n) is 11.8. The predicted molar refractivity (Wildman–Crippen MR) is 134 cm³/mol. The van der Waals surface area contributed by atoms with Crippen LogP contribution in [0.5, 0.6) is 0 Å². The summed E-state index contributed by atoms with van der Waals surface area (Å²) >= 11 is 1.46. The van der Waals surface area contributed by atoms with E-state index in [4.69, 9.17) is 4.52 Å². The Kier molecular flexibility index (Phi) is 7.16. The molecule has 1 N–H and O–H groups in total. The number of carbonyl (C=O) groups excluding carboxylic acids is 2. The number of amides is 2. The average Bonchev–Trinajstić information content (AvgIpc) is 3.43. The average molecular weight is 481 g/mol. The van der Waals surface area contributed by atoms with Gasteiger partial charge in [-0.1, -0.05) is 56.3 Å². The lowest BCUT2D eigenvalue weighted by molar-refractivity contribution is -0.116. The van der Waals surface area contributed by atoms with Crippen molar-refractivity contribution in [3.8, 4) is 10.4 Å².